The Morgan fingerprint density at radius 1 is 1.06 bits per heavy atom. The molecular formula is C21H14F6NO3S2-. The smallest absolute Gasteiger partial charge is 0.420 e. The largest absolute Gasteiger partial charge is 0.546 e. The normalized spacial score (nSPS) is 12.1. The summed E-state index contributed by atoms with van der Waals surface area (Å²) in [6.07, 6.45) is -9.20. The second kappa shape index (κ2) is 9.64. The lowest BCUT2D eigenvalue weighted by Crippen LogP contribution is -2.29. The van der Waals surface area contributed by atoms with Crippen molar-refractivity contribution >= 4 is 29.1 Å². The number of benzene rings is 2. The highest BCUT2D eigenvalue weighted by Gasteiger charge is 2.35. The Kier molecular flexibility index (Phi) is 7.27. The van der Waals surface area contributed by atoms with E-state index in [0.717, 1.165) is 40.9 Å². The Labute approximate surface area is 192 Å². The van der Waals surface area contributed by atoms with Crippen molar-refractivity contribution in [2.24, 2.45) is 0 Å². The van der Waals surface area contributed by atoms with Crippen molar-refractivity contribution in [2.75, 3.05) is 6.61 Å². The van der Waals surface area contributed by atoms with Crippen LogP contribution in [0.25, 0.3) is 10.6 Å². The molecule has 2 aromatic carbocycles. The lowest BCUT2D eigenvalue weighted by molar-refractivity contribution is -0.307. The van der Waals surface area contributed by atoms with E-state index in [9.17, 15) is 36.2 Å². The molecule has 1 heterocycles. The van der Waals surface area contributed by atoms with Gasteiger partial charge in [0.25, 0.3) is 0 Å². The monoisotopic (exact) mass is 506 g/mol. The maximum atomic E-state index is 13.3. The molecule has 0 spiro atoms. The van der Waals surface area contributed by atoms with E-state index in [1.165, 1.54) is 29.5 Å². The van der Waals surface area contributed by atoms with Crippen molar-refractivity contribution in [1.82, 2.24) is 4.98 Å². The van der Waals surface area contributed by atoms with Gasteiger partial charge in [-0.25, -0.2) is 4.98 Å². The molecule has 1 aromatic heterocycles. The van der Waals surface area contributed by atoms with Crippen LogP contribution in [0.5, 0.6) is 5.75 Å². The second-order valence-electron chi connectivity index (χ2n) is 6.71. The lowest BCUT2D eigenvalue weighted by Gasteiger charge is -2.15. The van der Waals surface area contributed by atoms with Crippen molar-refractivity contribution in [3.8, 4) is 16.3 Å². The molecular weight excluding hydrogens is 492 g/mol. The Morgan fingerprint density at radius 2 is 1.73 bits per heavy atom. The number of thiazole rings is 1. The summed E-state index contributed by atoms with van der Waals surface area (Å²) in [7, 11) is 0. The van der Waals surface area contributed by atoms with Gasteiger partial charge in [0.15, 0.2) is 0 Å². The molecule has 4 nitrogen and oxygen atoms in total. The van der Waals surface area contributed by atoms with Gasteiger partial charge in [-0.15, -0.1) is 23.1 Å². The molecule has 0 unspecified atom stereocenters. The topological polar surface area (TPSA) is 62.2 Å². The Bertz CT molecular complexity index is 1140. The van der Waals surface area contributed by atoms with E-state index < -0.39 is 41.8 Å². The summed E-state index contributed by atoms with van der Waals surface area (Å²) in [6, 6.07) is 7.84. The summed E-state index contributed by atoms with van der Waals surface area (Å²) in [5, 5.41) is 11.0. The van der Waals surface area contributed by atoms with Crippen molar-refractivity contribution in [3.63, 3.8) is 0 Å². The van der Waals surface area contributed by atoms with Gasteiger partial charge in [0, 0.05) is 21.1 Å². The number of aromatic nitrogens is 1. The third-order valence-electron chi connectivity index (χ3n) is 4.32. The van der Waals surface area contributed by atoms with Crippen LogP contribution < -0.4 is 9.84 Å². The number of thioether (sulfide) groups is 1. The molecule has 0 saturated heterocycles. The van der Waals surface area contributed by atoms with E-state index >= 15 is 0 Å². The van der Waals surface area contributed by atoms with Gasteiger partial charge in [-0.3, -0.25) is 0 Å². The molecule has 0 aliphatic carbocycles. The molecule has 0 N–H and O–H groups in total. The first kappa shape index (κ1) is 24.9. The van der Waals surface area contributed by atoms with Crippen LogP contribution in [-0.4, -0.2) is 17.6 Å². The van der Waals surface area contributed by atoms with Crippen molar-refractivity contribution in [2.45, 2.75) is 29.9 Å². The molecule has 0 atom stereocenters. The van der Waals surface area contributed by atoms with Crippen LogP contribution in [0.4, 0.5) is 26.3 Å². The third-order valence-corrected chi connectivity index (χ3v) is 6.73. The Hall–Kier alpha value is -2.73. The molecule has 0 radical (unpaired) electrons. The molecule has 0 aliphatic rings. The predicted molar refractivity (Wildman–Crippen MR) is 109 cm³/mol. The fourth-order valence-electron chi connectivity index (χ4n) is 2.72. The maximum absolute atomic E-state index is 13.3. The van der Waals surface area contributed by atoms with Crippen molar-refractivity contribution in [3.05, 3.63) is 64.2 Å². The number of carboxylic acid groups (broad SMARTS) is 1. The molecule has 0 bridgehead atoms. The fourth-order valence-corrected chi connectivity index (χ4v) is 4.87. The van der Waals surface area contributed by atoms with Gasteiger partial charge in [-0.2, -0.15) is 26.3 Å². The van der Waals surface area contributed by atoms with Gasteiger partial charge < -0.3 is 14.6 Å². The van der Waals surface area contributed by atoms with Crippen LogP contribution in [-0.2, 0) is 22.9 Å². The summed E-state index contributed by atoms with van der Waals surface area (Å²) < 4.78 is 82.9. The minimum atomic E-state index is -4.76. The molecule has 3 rings (SSSR count). The Balaban J connectivity index is 1.76. The van der Waals surface area contributed by atoms with Crippen LogP contribution in [0.3, 0.4) is 0 Å². The van der Waals surface area contributed by atoms with E-state index in [2.05, 4.69) is 9.72 Å². The number of rotatable bonds is 7. The number of alkyl halides is 6. The highest BCUT2D eigenvalue weighted by atomic mass is 32.2. The van der Waals surface area contributed by atoms with E-state index in [-0.39, 0.29) is 10.6 Å². The zero-order valence-corrected chi connectivity index (χ0v) is 18.3. The lowest BCUT2D eigenvalue weighted by atomic mass is 10.1. The van der Waals surface area contributed by atoms with Gasteiger partial charge in [0.2, 0.25) is 0 Å². The predicted octanol–water partition coefficient (Wildman–Crippen LogP) is 5.58. The van der Waals surface area contributed by atoms with E-state index in [0.29, 0.717) is 16.3 Å². The SMILES string of the molecule is Cc1nc(-c2ccc(C(F)(F)F)cc2)sc1CSc1ccc(OCC(=O)[O-])c(C(F)(F)F)c1. The zero-order chi connectivity index (χ0) is 24.4. The van der Waals surface area contributed by atoms with Crippen molar-refractivity contribution in [1.29, 1.82) is 0 Å². The summed E-state index contributed by atoms with van der Waals surface area (Å²) in [5.41, 5.74) is -0.767. The fraction of sp³-hybridized carbons (Fsp3) is 0.238. The highest BCUT2D eigenvalue weighted by Crippen LogP contribution is 2.40. The van der Waals surface area contributed by atoms with Gasteiger partial charge in [0.05, 0.1) is 22.8 Å². The highest BCUT2D eigenvalue weighted by molar-refractivity contribution is 7.98. The van der Waals surface area contributed by atoms with Gasteiger partial charge in [-0.1, -0.05) is 12.1 Å². The average molecular weight is 506 g/mol. The minimum absolute atomic E-state index is 0.270. The number of hydrogen-bond acceptors (Lipinski definition) is 6. The Morgan fingerprint density at radius 3 is 2.30 bits per heavy atom. The molecule has 33 heavy (non-hydrogen) atoms. The first-order chi connectivity index (χ1) is 15.3. The molecule has 3 aromatic rings. The minimum Gasteiger partial charge on any atom is -0.546 e. The van der Waals surface area contributed by atoms with Crippen molar-refractivity contribution < 1.29 is 41.0 Å². The number of carboxylic acids is 1. The van der Waals surface area contributed by atoms with E-state index in [4.69, 9.17) is 0 Å². The summed E-state index contributed by atoms with van der Waals surface area (Å²) >= 11 is 2.34. The van der Waals surface area contributed by atoms with Gasteiger partial charge in [-0.05, 0) is 37.3 Å². The number of hydrogen-bond donors (Lipinski definition) is 0. The molecule has 12 heteroatoms. The number of nitrogens with zero attached hydrogens (tertiary/aromatic N) is 1. The number of carbonyl (C=O) groups is 1. The molecule has 0 fully saturated rings. The van der Waals surface area contributed by atoms with Gasteiger partial charge >= 0.3 is 12.4 Å². The van der Waals surface area contributed by atoms with Crippen LogP contribution in [0.2, 0.25) is 0 Å². The molecule has 0 aliphatic heterocycles. The number of ether oxygens (including phenoxy) is 1. The quantitative estimate of drug-likeness (QED) is 0.310. The van der Waals surface area contributed by atoms with Crippen LogP contribution in [0, 0.1) is 6.92 Å². The second-order valence-corrected chi connectivity index (χ2v) is 8.84. The zero-order valence-electron chi connectivity index (χ0n) is 16.7. The summed E-state index contributed by atoms with van der Waals surface area (Å²) in [4.78, 5) is 15.9. The number of aryl methyl sites for hydroxylation is 1. The standard InChI is InChI=1S/C21H15F6NO3S2/c1-11-17(33-19(28-11)12-2-4-13(5-3-12)20(22,23)24)10-32-14-6-7-16(31-9-18(29)30)15(8-14)21(25,26)27/h2-8H,9-10H2,1H3,(H,29,30)/p-1. The summed E-state index contributed by atoms with van der Waals surface area (Å²) in [6.45, 7) is 0.695. The van der Waals surface area contributed by atoms with Crippen LogP contribution in [0.1, 0.15) is 21.7 Å². The number of carbonyl (C=O) groups excluding carboxylic acids is 1. The maximum Gasteiger partial charge on any atom is 0.420 e. The van der Waals surface area contributed by atoms with Crippen LogP contribution in [0.15, 0.2) is 47.4 Å². The number of halogens is 6. The van der Waals surface area contributed by atoms with Crippen LogP contribution >= 0.6 is 23.1 Å². The first-order valence-corrected chi connectivity index (χ1v) is 11.0. The number of aliphatic carboxylic acids is 1. The van der Waals surface area contributed by atoms with Gasteiger partial charge in [0.1, 0.15) is 17.4 Å². The summed E-state index contributed by atoms with van der Waals surface area (Å²) in [5.74, 6) is -1.98. The average Bonchev–Trinajstić information content (AvgIpc) is 3.10. The first-order valence-electron chi connectivity index (χ1n) is 9.15. The molecule has 0 saturated carbocycles. The molecule has 176 valence electrons. The van der Waals surface area contributed by atoms with E-state index in [1.807, 2.05) is 0 Å². The third kappa shape index (κ3) is 6.41. The van der Waals surface area contributed by atoms with E-state index in [1.54, 1.807) is 6.92 Å². The molecule has 0 amide bonds.